The molecule has 2 amide bonds. The number of H-pyrrole nitrogens is 2. The Balaban J connectivity index is 1.33. The molecule has 0 fully saturated rings. The highest BCUT2D eigenvalue weighted by molar-refractivity contribution is 5.90. The molecule has 0 aliphatic carbocycles. The fourth-order valence-corrected chi connectivity index (χ4v) is 4.11. The lowest BCUT2D eigenvalue weighted by atomic mass is 10.1. The summed E-state index contributed by atoms with van der Waals surface area (Å²) in [7, 11) is 0. The van der Waals surface area contributed by atoms with Gasteiger partial charge in [0.2, 0.25) is 11.8 Å². The van der Waals surface area contributed by atoms with Crippen molar-refractivity contribution in [3.63, 3.8) is 0 Å². The first-order chi connectivity index (χ1) is 15.9. The maximum absolute atomic E-state index is 13.4. The van der Waals surface area contributed by atoms with Gasteiger partial charge in [0.25, 0.3) is 0 Å². The van der Waals surface area contributed by atoms with Crippen molar-refractivity contribution in [2.45, 2.75) is 38.6 Å². The van der Waals surface area contributed by atoms with Crippen LogP contribution < -0.4 is 10.6 Å². The number of benzene rings is 2. The highest BCUT2D eigenvalue weighted by Gasteiger charge is 2.16. The predicted octanol–water partition coefficient (Wildman–Crippen LogP) is 4.11. The van der Waals surface area contributed by atoms with Gasteiger partial charge in [-0.05, 0) is 53.9 Å². The summed E-state index contributed by atoms with van der Waals surface area (Å²) in [6.07, 6.45) is 5.31. The van der Waals surface area contributed by atoms with Gasteiger partial charge in [-0.15, -0.1) is 0 Å². The van der Waals surface area contributed by atoms with Gasteiger partial charge in [0.1, 0.15) is 11.6 Å². The molecule has 0 aliphatic heterocycles. The van der Waals surface area contributed by atoms with Crippen molar-refractivity contribution in [3.05, 3.63) is 71.6 Å². The summed E-state index contributed by atoms with van der Waals surface area (Å²) >= 11 is 0. The van der Waals surface area contributed by atoms with E-state index in [1.165, 1.54) is 24.3 Å². The second kappa shape index (κ2) is 9.85. The van der Waals surface area contributed by atoms with Crippen LogP contribution in [0.15, 0.2) is 48.8 Å². The molecular weight excluding hydrogens is 426 g/mol. The molecule has 0 saturated heterocycles. The van der Waals surface area contributed by atoms with Crippen LogP contribution in [-0.2, 0) is 22.4 Å². The van der Waals surface area contributed by atoms with Gasteiger partial charge in [0.15, 0.2) is 0 Å². The van der Waals surface area contributed by atoms with E-state index in [-0.39, 0.29) is 42.3 Å². The molecule has 0 saturated carbocycles. The summed E-state index contributed by atoms with van der Waals surface area (Å²) in [5, 5.41) is 7.50. The van der Waals surface area contributed by atoms with Gasteiger partial charge >= 0.3 is 0 Å². The normalized spacial score (nSPS) is 12.2. The fourth-order valence-electron chi connectivity index (χ4n) is 4.11. The van der Waals surface area contributed by atoms with Crippen molar-refractivity contribution < 1.29 is 18.4 Å². The zero-order chi connectivity index (χ0) is 23.4. The molecule has 0 radical (unpaired) electrons. The van der Waals surface area contributed by atoms with E-state index in [0.29, 0.717) is 17.6 Å². The van der Waals surface area contributed by atoms with Crippen LogP contribution in [0.4, 0.5) is 8.78 Å². The smallest absolute Gasteiger partial charge is 0.224 e. The minimum atomic E-state index is -0.335. The fraction of sp³-hybridized carbons (Fsp3) is 0.280. The number of amides is 2. The maximum Gasteiger partial charge on any atom is 0.224 e. The summed E-state index contributed by atoms with van der Waals surface area (Å²) in [5.74, 6) is -1.00. The SMILES string of the molecule is CCCC(CNC(=O)Cc1c[nH]c2cc(F)ccc12)NC(=O)Cc1c[nH]c2cc(F)ccc12. The van der Waals surface area contributed by atoms with Crippen LogP contribution in [0.2, 0.25) is 0 Å². The van der Waals surface area contributed by atoms with E-state index in [1.54, 1.807) is 24.5 Å². The number of hydrogen-bond donors (Lipinski definition) is 4. The lowest BCUT2D eigenvalue weighted by Crippen LogP contribution is -2.44. The second-order valence-corrected chi connectivity index (χ2v) is 8.22. The molecule has 2 aromatic heterocycles. The first-order valence-electron chi connectivity index (χ1n) is 11.0. The van der Waals surface area contributed by atoms with Crippen LogP contribution in [0.3, 0.4) is 0 Å². The highest BCUT2D eigenvalue weighted by atomic mass is 19.1. The quantitative estimate of drug-likeness (QED) is 0.308. The lowest BCUT2D eigenvalue weighted by molar-refractivity contribution is -0.123. The first kappa shape index (κ1) is 22.5. The zero-order valence-corrected chi connectivity index (χ0v) is 18.3. The van der Waals surface area contributed by atoms with E-state index >= 15 is 0 Å². The van der Waals surface area contributed by atoms with Crippen molar-refractivity contribution in [1.82, 2.24) is 20.6 Å². The lowest BCUT2D eigenvalue weighted by Gasteiger charge is -2.19. The van der Waals surface area contributed by atoms with Gasteiger partial charge in [-0.3, -0.25) is 9.59 Å². The number of nitrogens with one attached hydrogen (secondary N) is 4. The van der Waals surface area contributed by atoms with Crippen LogP contribution in [0, 0.1) is 11.6 Å². The minimum absolute atomic E-state index is 0.157. The second-order valence-electron chi connectivity index (χ2n) is 8.22. The van der Waals surface area contributed by atoms with E-state index in [0.717, 1.165) is 34.7 Å². The number of rotatable bonds is 9. The minimum Gasteiger partial charge on any atom is -0.361 e. The molecule has 1 unspecified atom stereocenters. The number of halogens is 2. The Labute approximate surface area is 189 Å². The Bertz CT molecular complexity index is 1290. The third kappa shape index (κ3) is 5.39. The van der Waals surface area contributed by atoms with Gasteiger partial charge in [0.05, 0.1) is 12.8 Å². The number of aromatic amines is 2. The number of carbonyl (C=O) groups excluding carboxylic acids is 2. The van der Waals surface area contributed by atoms with Crippen LogP contribution in [-0.4, -0.2) is 34.4 Å². The Hall–Kier alpha value is -3.68. The molecular formula is C25H26F2N4O2. The molecule has 8 heteroatoms. The molecule has 2 aromatic carbocycles. The molecule has 0 aliphatic rings. The Morgan fingerprint density at radius 3 is 1.97 bits per heavy atom. The first-order valence-corrected chi connectivity index (χ1v) is 11.0. The number of hydrogen-bond acceptors (Lipinski definition) is 2. The van der Waals surface area contributed by atoms with E-state index in [2.05, 4.69) is 20.6 Å². The third-order valence-electron chi connectivity index (χ3n) is 5.71. The van der Waals surface area contributed by atoms with Crippen molar-refractivity contribution in [3.8, 4) is 0 Å². The van der Waals surface area contributed by atoms with E-state index in [1.807, 2.05) is 6.92 Å². The van der Waals surface area contributed by atoms with E-state index in [9.17, 15) is 18.4 Å². The van der Waals surface area contributed by atoms with E-state index < -0.39 is 0 Å². The van der Waals surface area contributed by atoms with Gasteiger partial charge in [0, 0.05) is 46.8 Å². The third-order valence-corrected chi connectivity index (χ3v) is 5.71. The van der Waals surface area contributed by atoms with Crippen molar-refractivity contribution in [2.24, 2.45) is 0 Å². The molecule has 4 N–H and O–H groups in total. The van der Waals surface area contributed by atoms with Gasteiger partial charge < -0.3 is 20.6 Å². The van der Waals surface area contributed by atoms with E-state index in [4.69, 9.17) is 0 Å². The summed E-state index contributed by atoms with van der Waals surface area (Å²) in [6.45, 7) is 2.33. The average molecular weight is 453 g/mol. The Morgan fingerprint density at radius 1 is 0.879 bits per heavy atom. The summed E-state index contributed by atoms with van der Waals surface area (Å²) in [4.78, 5) is 31.1. The molecule has 6 nitrogen and oxygen atoms in total. The molecule has 2 heterocycles. The largest absolute Gasteiger partial charge is 0.361 e. The van der Waals surface area contributed by atoms with Crippen LogP contribution in [0.25, 0.3) is 21.8 Å². The summed E-state index contributed by atoms with van der Waals surface area (Å²) in [5.41, 5.74) is 2.87. The summed E-state index contributed by atoms with van der Waals surface area (Å²) in [6, 6.07) is 8.65. The Morgan fingerprint density at radius 2 is 1.42 bits per heavy atom. The van der Waals surface area contributed by atoms with Crippen molar-refractivity contribution in [2.75, 3.05) is 6.54 Å². The monoisotopic (exact) mass is 452 g/mol. The van der Waals surface area contributed by atoms with Gasteiger partial charge in [-0.1, -0.05) is 13.3 Å². The maximum atomic E-state index is 13.4. The molecule has 4 rings (SSSR count). The number of aromatic nitrogens is 2. The molecule has 0 bridgehead atoms. The zero-order valence-electron chi connectivity index (χ0n) is 18.3. The number of carbonyl (C=O) groups is 2. The standard InChI is InChI=1S/C25H26F2N4O2/c1-2-3-19(31-25(33)9-16-13-29-23-11-18(27)5-7-21(16)23)14-30-24(32)8-15-12-28-22-10-17(26)4-6-20(15)22/h4-7,10-13,19,28-29H,2-3,8-9,14H2,1H3,(H,30,32)(H,31,33). The van der Waals surface area contributed by atoms with Crippen LogP contribution in [0.1, 0.15) is 30.9 Å². The van der Waals surface area contributed by atoms with Crippen molar-refractivity contribution in [1.29, 1.82) is 0 Å². The highest BCUT2D eigenvalue weighted by Crippen LogP contribution is 2.21. The topological polar surface area (TPSA) is 89.8 Å². The molecule has 1 atom stereocenters. The number of fused-ring (bicyclic) bond motifs is 2. The molecule has 33 heavy (non-hydrogen) atoms. The van der Waals surface area contributed by atoms with Crippen LogP contribution >= 0.6 is 0 Å². The van der Waals surface area contributed by atoms with Gasteiger partial charge in [-0.25, -0.2) is 8.78 Å². The molecule has 4 aromatic rings. The van der Waals surface area contributed by atoms with Crippen molar-refractivity contribution >= 4 is 33.6 Å². The Kier molecular flexibility index (Phi) is 6.72. The average Bonchev–Trinajstić information content (AvgIpc) is 3.35. The predicted molar refractivity (Wildman–Crippen MR) is 124 cm³/mol. The molecule has 172 valence electrons. The van der Waals surface area contributed by atoms with Crippen LogP contribution in [0.5, 0.6) is 0 Å². The summed E-state index contributed by atoms with van der Waals surface area (Å²) < 4.78 is 26.7. The molecule has 0 spiro atoms. The van der Waals surface area contributed by atoms with Gasteiger partial charge in [-0.2, -0.15) is 0 Å².